The molecule has 4 rings (SSSR count). The molecular weight excluding hydrogens is 354 g/mol. The molecule has 0 atom stereocenters. The Morgan fingerprint density at radius 2 is 1.89 bits per heavy atom. The van der Waals surface area contributed by atoms with E-state index < -0.39 is 0 Å². The number of piperidine rings is 1. The standard InChI is InChI=1S/C21H25N5O2/c1-15-3-5-17(6-4-15)26-20-18(13-23-26)21(28)25(14-22-20)12-9-19(27)24-10-7-16(2)8-11-24/h3-6,13-14,16H,7-12H2,1-2H3. The molecule has 2 aromatic heterocycles. The van der Waals surface area contributed by atoms with E-state index in [2.05, 4.69) is 17.0 Å². The number of hydrogen-bond acceptors (Lipinski definition) is 4. The number of nitrogens with zero attached hydrogens (tertiary/aromatic N) is 5. The van der Waals surface area contributed by atoms with Crippen LogP contribution in [0.5, 0.6) is 0 Å². The maximum atomic E-state index is 12.8. The number of amides is 1. The molecule has 0 unspecified atom stereocenters. The Kier molecular flexibility index (Phi) is 4.98. The van der Waals surface area contributed by atoms with Gasteiger partial charge in [0.1, 0.15) is 5.39 Å². The molecule has 1 amide bonds. The molecule has 1 aliphatic heterocycles. The van der Waals surface area contributed by atoms with E-state index in [0.717, 1.165) is 37.2 Å². The highest BCUT2D eigenvalue weighted by Crippen LogP contribution is 2.17. The molecule has 1 fully saturated rings. The van der Waals surface area contributed by atoms with E-state index in [1.165, 1.54) is 10.9 Å². The van der Waals surface area contributed by atoms with Crippen LogP contribution in [0.15, 0.2) is 41.6 Å². The van der Waals surface area contributed by atoms with Gasteiger partial charge in [-0.2, -0.15) is 5.10 Å². The summed E-state index contributed by atoms with van der Waals surface area (Å²) in [5.74, 6) is 0.789. The van der Waals surface area contributed by atoms with Crippen LogP contribution in [0.2, 0.25) is 0 Å². The van der Waals surface area contributed by atoms with Crippen molar-refractivity contribution in [1.29, 1.82) is 0 Å². The normalized spacial score (nSPS) is 15.3. The summed E-state index contributed by atoms with van der Waals surface area (Å²) < 4.78 is 3.18. The van der Waals surface area contributed by atoms with Crippen LogP contribution in [-0.4, -0.2) is 43.2 Å². The summed E-state index contributed by atoms with van der Waals surface area (Å²) in [5, 5.41) is 4.80. The van der Waals surface area contributed by atoms with Crippen molar-refractivity contribution in [1.82, 2.24) is 24.2 Å². The summed E-state index contributed by atoms with van der Waals surface area (Å²) >= 11 is 0. The molecule has 0 radical (unpaired) electrons. The zero-order chi connectivity index (χ0) is 19.7. The number of benzene rings is 1. The number of carbonyl (C=O) groups is 1. The second kappa shape index (κ2) is 7.58. The van der Waals surface area contributed by atoms with Crippen molar-refractivity contribution in [3.05, 3.63) is 52.7 Å². The molecule has 28 heavy (non-hydrogen) atoms. The first-order valence-electron chi connectivity index (χ1n) is 9.81. The molecule has 1 saturated heterocycles. The molecule has 0 bridgehead atoms. The second-order valence-corrected chi connectivity index (χ2v) is 7.69. The summed E-state index contributed by atoms with van der Waals surface area (Å²) in [6.07, 6.45) is 5.49. The minimum absolute atomic E-state index is 0.106. The van der Waals surface area contributed by atoms with Gasteiger partial charge in [-0.3, -0.25) is 14.2 Å². The SMILES string of the molecule is Cc1ccc(-n2ncc3c(=O)n(CCC(=O)N4CCC(C)CC4)cnc32)cc1. The Hall–Kier alpha value is -2.96. The van der Waals surface area contributed by atoms with Crippen LogP contribution >= 0.6 is 0 Å². The third-order valence-corrected chi connectivity index (χ3v) is 5.54. The third kappa shape index (κ3) is 3.56. The molecule has 146 valence electrons. The largest absolute Gasteiger partial charge is 0.343 e. The van der Waals surface area contributed by atoms with E-state index in [9.17, 15) is 9.59 Å². The zero-order valence-electron chi connectivity index (χ0n) is 16.3. The number of fused-ring (bicyclic) bond motifs is 1. The lowest BCUT2D eigenvalue weighted by atomic mass is 9.99. The van der Waals surface area contributed by atoms with Gasteiger partial charge in [-0.25, -0.2) is 9.67 Å². The van der Waals surface area contributed by atoms with Gasteiger partial charge in [0, 0.05) is 26.1 Å². The van der Waals surface area contributed by atoms with Crippen LogP contribution in [0.1, 0.15) is 31.7 Å². The van der Waals surface area contributed by atoms with Gasteiger partial charge in [0.25, 0.3) is 5.56 Å². The van der Waals surface area contributed by atoms with Crippen molar-refractivity contribution < 1.29 is 4.79 Å². The Labute approximate surface area is 163 Å². The highest BCUT2D eigenvalue weighted by Gasteiger charge is 2.20. The van der Waals surface area contributed by atoms with Crippen molar-refractivity contribution >= 4 is 16.9 Å². The Morgan fingerprint density at radius 3 is 2.61 bits per heavy atom. The molecular formula is C21H25N5O2. The van der Waals surface area contributed by atoms with Gasteiger partial charge < -0.3 is 4.90 Å². The first-order chi connectivity index (χ1) is 13.5. The van der Waals surface area contributed by atoms with Crippen LogP contribution in [0, 0.1) is 12.8 Å². The average Bonchev–Trinajstić information content (AvgIpc) is 3.13. The molecule has 1 aromatic carbocycles. The fraction of sp³-hybridized carbons (Fsp3) is 0.429. The second-order valence-electron chi connectivity index (χ2n) is 7.69. The monoisotopic (exact) mass is 379 g/mol. The van der Waals surface area contributed by atoms with Crippen molar-refractivity contribution in [3.8, 4) is 5.69 Å². The molecule has 0 saturated carbocycles. The predicted octanol–water partition coefficient (Wildman–Crippen LogP) is 2.54. The van der Waals surface area contributed by atoms with E-state index in [4.69, 9.17) is 0 Å². The molecule has 3 aromatic rings. The topological polar surface area (TPSA) is 73.0 Å². The minimum atomic E-state index is -0.163. The molecule has 0 spiro atoms. The van der Waals surface area contributed by atoms with Gasteiger partial charge in [0.2, 0.25) is 5.91 Å². The summed E-state index contributed by atoms with van der Waals surface area (Å²) in [6.45, 7) is 6.21. The smallest absolute Gasteiger partial charge is 0.264 e. The first kappa shape index (κ1) is 18.4. The summed E-state index contributed by atoms with van der Waals surface area (Å²) in [5.41, 5.74) is 2.38. The maximum absolute atomic E-state index is 12.8. The van der Waals surface area contributed by atoms with Gasteiger partial charge in [0.15, 0.2) is 5.65 Å². The molecule has 3 heterocycles. The van der Waals surface area contributed by atoms with Crippen molar-refractivity contribution in [3.63, 3.8) is 0 Å². The fourth-order valence-corrected chi connectivity index (χ4v) is 3.62. The van der Waals surface area contributed by atoms with Crippen LogP contribution in [0.3, 0.4) is 0 Å². The van der Waals surface area contributed by atoms with Crippen LogP contribution in [0.4, 0.5) is 0 Å². The van der Waals surface area contributed by atoms with E-state index in [-0.39, 0.29) is 11.5 Å². The predicted molar refractivity (Wildman–Crippen MR) is 107 cm³/mol. The van der Waals surface area contributed by atoms with Crippen molar-refractivity contribution in [2.45, 2.75) is 39.7 Å². The lowest BCUT2D eigenvalue weighted by molar-refractivity contribution is -0.132. The quantitative estimate of drug-likeness (QED) is 0.698. The van der Waals surface area contributed by atoms with Crippen molar-refractivity contribution in [2.24, 2.45) is 5.92 Å². The highest BCUT2D eigenvalue weighted by molar-refractivity contribution is 5.77. The number of aryl methyl sites for hydroxylation is 2. The van der Waals surface area contributed by atoms with E-state index in [1.54, 1.807) is 10.9 Å². The Morgan fingerprint density at radius 1 is 1.18 bits per heavy atom. The minimum Gasteiger partial charge on any atom is -0.343 e. The van der Waals surface area contributed by atoms with Crippen LogP contribution in [-0.2, 0) is 11.3 Å². The van der Waals surface area contributed by atoms with Crippen molar-refractivity contribution in [2.75, 3.05) is 13.1 Å². The number of likely N-dealkylation sites (tertiary alicyclic amines) is 1. The number of carbonyl (C=O) groups excluding carboxylic acids is 1. The summed E-state index contributed by atoms with van der Waals surface area (Å²) in [4.78, 5) is 31.6. The Balaban J connectivity index is 1.51. The molecule has 1 aliphatic rings. The average molecular weight is 379 g/mol. The van der Waals surface area contributed by atoms with Gasteiger partial charge in [0.05, 0.1) is 18.2 Å². The van der Waals surface area contributed by atoms with Crippen LogP contribution < -0.4 is 5.56 Å². The molecule has 7 heteroatoms. The number of rotatable bonds is 4. The first-order valence-corrected chi connectivity index (χ1v) is 9.81. The summed E-state index contributed by atoms with van der Waals surface area (Å²) in [6, 6.07) is 7.90. The number of hydrogen-bond donors (Lipinski definition) is 0. The molecule has 7 nitrogen and oxygen atoms in total. The molecule has 0 aliphatic carbocycles. The summed E-state index contributed by atoms with van der Waals surface area (Å²) in [7, 11) is 0. The van der Waals surface area contributed by atoms with Gasteiger partial charge in [-0.15, -0.1) is 0 Å². The van der Waals surface area contributed by atoms with Gasteiger partial charge in [-0.05, 0) is 37.8 Å². The maximum Gasteiger partial charge on any atom is 0.264 e. The fourth-order valence-electron chi connectivity index (χ4n) is 3.62. The lowest BCUT2D eigenvalue weighted by Crippen LogP contribution is -2.38. The van der Waals surface area contributed by atoms with E-state index in [1.807, 2.05) is 36.1 Å². The van der Waals surface area contributed by atoms with Gasteiger partial charge in [-0.1, -0.05) is 24.6 Å². The zero-order valence-corrected chi connectivity index (χ0v) is 16.3. The van der Waals surface area contributed by atoms with E-state index >= 15 is 0 Å². The molecule has 0 N–H and O–H groups in total. The highest BCUT2D eigenvalue weighted by atomic mass is 16.2. The number of aromatic nitrogens is 4. The Bertz CT molecular complexity index is 1040. The lowest BCUT2D eigenvalue weighted by Gasteiger charge is -2.30. The van der Waals surface area contributed by atoms with E-state index in [0.29, 0.717) is 29.9 Å². The van der Waals surface area contributed by atoms with Crippen LogP contribution in [0.25, 0.3) is 16.7 Å². The van der Waals surface area contributed by atoms with Gasteiger partial charge >= 0.3 is 0 Å². The third-order valence-electron chi connectivity index (χ3n) is 5.54.